The summed E-state index contributed by atoms with van der Waals surface area (Å²) in [7, 11) is -7.66. The first kappa shape index (κ1) is 73.8. The number of urea groups is 2. The van der Waals surface area contributed by atoms with Crippen molar-refractivity contribution in [2.24, 2.45) is 0 Å². The van der Waals surface area contributed by atoms with E-state index in [4.69, 9.17) is 9.47 Å². The Bertz CT molecular complexity index is 3450. The maximum atomic E-state index is 13.6. The predicted molar refractivity (Wildman–Crippen MR) is 353 cm³/mol. The number of piperidine rings is 2. The van der Waals surface area contributed by atoms with Crippen molar-refractivity contribution < 1.29 is 45.5 Å². The van der Waals surface area contributed by atoms with Crippen molar-refractivity contribution in [3.05, 3.63) is 128 Å². The highest BCUT2D eigenvalue weighted by Crippen LogP contribution is 2.39. The zero-order valence-corrected chi connectivity index (χ0v) is 55.2. The van der Waals surface area contributed by atoms with Crippen LogP contribution >= 0.6 is 38.6 Å². The van der Waals surface area contributed by atoms with Crippen LogP contribution < -0.4 is 30.7 Å². The van der Waals surface area contributed by atoms with Crippen LogP contribution in [0, 0.1) is 6.92 Å². The Balaban J connectivity index is 0.000000307. The van der Waals surface area contributed by atoms with Crippen molar-refractivity contribution in [1.29, 1.82) is 0 Å². The van der Waals surface area contributed by atoms with Crippen LogP contribution in [0.15, 0.2) is 111 Å². The van der Waals surface area contributed by atoms with Gasteiger partial charge < -0.3 is 40.5 Å². The molecule has 6 N–H and O–H groups in total. The van der Waals surface area contributed by atoms with Gasteiger partial charge in [0.15, 0.2) is 0 Å². The molecule has 2 fully saturated rings. The average Bonchev–Trinajstić information content (AvgIpc) is 1.98. The average molecular weight is 1360 g/mol. The van der Waals surface area contributed by atoms with Gasteiger partial charge in [-0.1, -0.05) is 39.1 Å². The molecular weight excluding hydrogens is 1270 g/mol. The summed E-state index contributed by atoms with van der Waals surface area (Å²) in [5.41, 5.74) is 1.92. The van der Waals surface area contributed by atoms with E-state index in [1.165, 1.54) is 28.5 Å². The fourth-order valence-corrected chi connectivity index (χ4v) is 14.8. The van der Waals surface area contributed by atoms with E-state index in [0.29, 0.717) is 52.1 Å². The maximum Gasteiger partial charge on any atom is 0.410 e. The van der Waals surface area contributed by atoms with Gasteiger partial charge in [0.25, 0.3) is 0 Å². The first-order valence-corrected chi connectivity index (χ1v) is 33.5. The van der Waals surface area contributed by atoms with E-state index in [2.05, 4.69) is 66.6 Å². The van der Waals surface area contributed by atoms with E-state index in [0.717, 1.165) is 53.3 Å². The molecule has 2 saturated heterocycles. The van der Waals surface area contributed by atoms with E-state index in [-0.39, 0.29) is 68.0 Å². The molecule has 0 saturated carbocycles. The zero-order valence-electron chi connectivity index (χ0n) is 50.4. The molecular formula is C61H87BrN12O10S4. The number of ether oxygens (including phenoxy) is 2. The molecule has 4 aromatic heterocycles. The lowest BCUT2D eigenvalue weighted by Crippen LogP contribution is -2.40. The molecule has 2 aliphatic rings. The molecule has 27 heteroatoms. The van der Waals surface area contributed by atoms with Crippen molar-refractivity contribution in [1.82, 2.24) is 49.8 Å². The Morgan fingerprint density at radius 3 is 1.43 bits per heavy atom. The monoisotopic (exact) mass is 1350 g/mol. The topological polar surface area (TPSA) is 285 Å². The number of pyridine rings is 2. The number of carbonyl (C=O) groups is 4. The van der Waals surface area contributed by atoms with Gasteiger partial charge in [-0.05, 0) is 172 Å². The van der Waals surface area contributed by atoms with Gasteiger partial charge in [0.1, 0.15) is 0 Å². The summed E-state index contributed by atoms with van der Waals surface area (Å²) in [5, 5.41) is 12.8. The van der Waals surface area contributed by atoms with Gasteiger partial charge in [0.2, 0.25) is 20.0 Å². The molecule has 0 atom stereocenters. The lowest BCUT2D eigenvalue weighted by Gasteiger charge is -2.30. The standard InChI is InChI=1S/C29H38N6O5S2.C18H24N4O3S.C12H17BrN2O2S.2CH4/c1-19(2)40-28(37)35-14-11-20(12-15-35)26-31-18-24(41-26)23-10-9-21(16-25(23)42(38,39)34-29(3,4)5)33-27(36)32-17-22-8-6-7-13-30-22;1-13-8-9-14(11-16(13)26(24,25)22-18(2,3)4)21-17(23)20-12-15-7-5-6-10-19-15;1-8(2)17-12(16)15-5-3-9(4-6-15)11-14-7-10(13)18-11;;/h6-10,13,16,18-20,34H,11-12,14-15,17H2,1-5H3,(H2,32,33,36);5-11,22H,12H2,1-4H3,(H2,20,21,23);7-9H,3-6H2,1-2H3;2*1H4. The number of aromatic nitrogens is 4. The quantitative estimate of drug-likeness (QED) is 0.0558. The van der Waals surface area contributed by atoms with Gasteiger partial charge in [0.05, 0.1) is 71.4 Å². The van der Waals surface area contributed by atoms with E-state index < -0.39 is 43.2 Å². The minimum Gasteiger partial charge on any atom is -0.447 e. The number of carbonyl (C=O) groups excluding carboxylic acids is 4. The highest BCUT2D eigenvalue weighted by molar-refractivity contribution is 9.11. The van der Waals surface area contributed by atoms with Crippen LogP contribution in [-0.4, -0.2) is 120 Å². The molecule has 88 heavy (non-hydrogen) atoms. The Labute approximate surface area is 536 Å². The van der Waals surface area contributed by atoms with Gasteiger partial charge in [-0.15, -0.1) is 22.7 Å². The van der Waals surface area contributed by atoms with Crippen LogP contribution in [-0.2, 0) is 42.6 Å². The van der Waals surface area contributed by atoms with E-state index in [1.807, 2.05) is 46.0 Å². The second-order valence-electron chi connectivity index (χ2n) is 23.1. The summed E-state index contributed by atoms with van der Waals surface area (Å²) < 4.78 is 69.2. The van der Waals surface area contributed by atoms with Gasteiger partial charge in [-0.2, -0.15) is 0 Å². The van der Waals surface area contributed by atoms with Crippen molar-refractivity contribution in [3.63, 3.8) is 0 Å². The minimum absolute atomic E-state index is 0. The van der Waals surface area contributed by atoms with E-state index in [1.54, 1.807) is 137 Å². The Morgan fingerprint density at radius 2 is 1.02 bits per heavy atom. The van der Waals surface area contributed by atoms with E-state index >= 15 is 0 Å². The Morgan fingerprint density at radius 1 is 0.602 bits per heavy atom. The number of anilines is 2. The molecule has 0 aliphatic carbocycles. The van der Waals surface area contributed by atoms with Crippen LogP contribution in [0.4, 0.5) is 30.6 Å². The smallest absolute Gasteiger partial charge is 0.410 e. The molecule has 6 aromatic rings. The molecule has 482 valence electrons. The summed E-state index contributed by atoms with van der Waals surface area (Å²) in [6.45, 7) is 22.9. The fraction of sp³-hybridized carbons (Fsp3) is 0.475. The highest BCUT2D eigenvalue weighted by atomic mass is 79.9. The number of likely N-dealkylation sites (tertiary alicyclic amines) is 2. The first-order valence-electron chi connectivity index (χ1n) is 28.1. The third kappa shape index (κ3) is 23.7. The van der Waals surface area contributed by atoms with Crippen LogP contribution in [0.2, 0.25) is 0 Å². The third-order valence-electron chi connectivity index (χ3n) is 12.6. The van der Waals surface area contributed by atoms with Crippen molar-refractivity contribution >= 4 is 94.3 Å². The molecule has 0 spiro atoms. The van der Waals surface area contributed by atoms with Crippen molar-refractivity contribution in [2.75, 3.05) is 36.8 Å². The molecule has 8 rings (SSSR count). The largest absolute Gasteiger partial charge is 0.447 e. The molecule has 0 bridgehead atoms. The molecule has 0 unspecified atom stereocenters. The van der Waals surface area contributed by atoms with Gasteiger partial charge in [0, 0.05) is 84.6 Å². The summed E-state index contributed by atoms with van der Waals surface area (Å²) in [6, 6.07) is 19.5. The minimum atomic E-state index is -3.96. The first-order chi connectivity index (χ1) is 40.4. The number of thiazole rings is 2. The second kappa shape index (κ2) is 33.3. The number of hydrogen-bond acceptors (Lipinski definition) is 16. The number of aryl methyl sites for hydroxylation is 1. The number of nitrogens with one attached hydrogen (secondary N) is 6. The number of benzene rings is 2. The molecule has 2 aliphatic heterocycles. The fourth-order valence-electron chi connectivity index (χ4n) is 8.83. The van der Waals surface area contributed by atoms with Gasteiger partial charge in [-0.3, -0.25) is 9.97 Å². The van der Waals surface area contributed by atoms with Crippen LogP contribution in [0.1, 0.15) is 149 Å². The molecule has 6 amide bonds. The SMILES string of the molecule is C.C.CC(C)OC(=O)N1CCC(c2ncc(-c3ccc(NC(=O)NCc4ccccn4)cc3S(=O)(=O)NC(C)(C)C)s2)CC1.CC(C)OC(=O)N1CCC(c2ncc(Br)s2)CC1.Cc1ccc(NC(=O)NCc2ccccn2)cc1S(=O)(=O)NC(C)(C)C. The van der Waals surface area contributed by atoms with Crippen molar-refractivity contribution in [3.8, 4) is 10.4 Å². The van der Waals surface area contributed by atoms with Crippen LogP contribution in [0.25, 0.3) is 10.4 Å². The van der Waals surface area contributed by atoms with Crippen molar-refractivity contribution in [2.45, 2.75) is 175 Å². The lowest BCUT2D eigenvalue weighted by molar-refractivity contribution is 0.0683. The molecule has 2 aromatic carbocycles. The molecule has 0 radical (unpaired) electrons. The normalized spacial score (nSPS) is 14.0. The number of nitrogens with zero attached hydrogens (tertiary/aromatic N) is 6. The summed E-state index contributed by atoms with van der Waals surface area (Å²) in [6.07, 6.45) is 9.53. The Hall–Kier alpha value is -6.62. The molecule has 22 nitrogen and oxygen atoms in total. The van der Waals surface area contributed by atoms with Gasteiger partial charge >= 0.3 is 24.2 Å². The third-order valence-corrected chi connectivity index (χ3v) is 19.1. The summed E-state index contributed by atoms with van der Waals surface area (Å²) >= 11 is 6.56. The highest BCUT2D eigenvalue weighted by Gasteiger charge is 2.31. The number of hydrogen-bond donors (Lipinski definition) is 6. The van der Waals surface area contributed by atoms with Crippen LogP contribution in [0.5, 0.6) is 0 Å². The lowest BCUT2D eigenvalue weighted by atomic mass is 9.98. The zero-order chi connectivity index (χ0) is 63.0. The number of amides is 6. The summed E-state index contributed by atoms with van der Waals surface area (Å²) in [4.78, 5) is 70.3. The Kier molecular flexibility index (Phi) is 27.9. The second-order valence-corrected chi connectivity index (χ2v) is 29.9. The van der Waals surface area contributed by atoms with E-state index in [9.17, 15) is 36.0 Å². The van der Waals surface area contributed by atoms with Crippen LogP contribution in [0.3, 0.4) is 0 Å². The number of sulfonamides is 2. The number of rotatable bonds is 15. The summed E-state index contributed by atoms with van der Waals surface area (Å²) in [5.74, 6) is 0.632. The predicted octanol–water partition coefficient (Wildman–Crippen LogP) is 13.0. The molecule has 6 heterocycles. The van der Waals surface area contributed by atoms with Gasteiger partial charge in [-0.25, -0.2) is 55.4 Å². The number of halogens is 1. The maximum absolute atomic E-state index is 13.6.